The summed E-state index contributed by atoms with van der Waals surface area (Å²) in [6.07, 6.45) is 5.51. The summed E-state index contributed by atoms with van der Waals surface area (Å²) in [5.41, 5.74) is 3.43. The molecule has 2 aromatic rings. The molecule has 1 saturated heterocycles. The minimum absolute atomic E-state index is 0.0359. The van der Waals surface area contributed by atoms with Crippen molar-refractivity contribution in [3.05, 3.63) is 53.6 Å². The van der Waals surface area contributed by atoms with E-state index in [1.165, 1.54) is 11.3 Å². The van der Waals surface area contributed by atoms with Gasteiger partial charge in [-0.05, 0) is 74.4 Å². The Kier molecular flexibility index (Phi) is 8.34. The van der Waals surface area contributed by atoms with Crippen LogP contribution in [0.1, 0.15) is 50.2 Å². The molecule has 4 rings (SSSR count). The van der Waals surface area contributed by atoms with Crippen molar-refractivity contribution in [2.45, 2.75) is 62.8 Å². The minimum Gasteiger partial charge on any atom is -0.496 e. The highest BCUT2D eigenvalue weighted by molar-refractivity contribution is 7.89. The van der Waals surface area contributed by atoms with E-state index in [2.05, 4.69) is 41.4 Å². The Hall–Kier alpha value is -2.58. The number of hydrogen-bond acceptors (Lipinski definition) is 5. The zero-order valence-corrected chi connectivity index (χ0v) is 21.6. The molecular formula is C27H37N3O4S. The van der Waals surface area contributed by atoms with Crippen molar-refractivity contribution in [3.63, 3.8) is 0 Å². The fourth-order valence-corrected chi connectivity index (χ4v) is 6.72. The van der Waals surface area contributed by atoms with Crippen LogP contribution in [0.5, 0.6) is 5.75 Å². The number of amides is 1. The van der Waals surface area contributed by atoms with Gasteiger partial charge in [-0.15, -0.1) is 0 Å². The number of piperidine rings is 1. The third-order valence-corrected chi connectivity index (χ3v) is 8.97. The third kappa shape index (κ3) is 5.98. The number of carbonyl (C=O) groups is 1. The summed E-state index contributed by atoms with van der Waals surface area (Å²) in [6.45, 7) is 4.89. The smallest absolute Gasteiger partial charge is 0.243 e. The van der Waals surface area contributed by atoms with E-state index in [0.29, 0.717) is 37.8 Å². The second-order valence-electron chi connectivity index (χ2n) is 9.52. The maximum atomic E-state index is 13.1. The van der Waals surface area contributed by atoms with Gasteiger partial charge in [0.15, 0.2) is 0 Å². The average molecular weight is 500 g/mol. The van der Waals surface area contributed by atoms with E-state index in [9.17, 15) is 13.2 Å². The highest BCUT2D eigenvalue weighted by Crippen LogP contribution is 2.31. The average Bonchev–Trinajstić information content (AvgIpc) is 3.20. The zero-order valence-electron chi connectivity index (χ0n) is 20.8. The van der Waals surface area contributed by atoms with Gasteiger partial charge in [0, 0.05) is 44.3 Å². The van der Waals surface area contributed by atoms with Crippen LogP contribution in [0.4, 0.5) is 5.69 Å². The summed E-state index contributed by atoms with van der Waals surface area (Å²) in [5.74, 6) is 0.572. The van der Waals surface area contributed by atoms with E-state index in [1.807, 2.05) is 0 Å². The molecule has 2 heterocycles. The van der Waals surface area contributed by atoms with Crippen molar-refractivity contribution < 1.29 is 17.9 Å². The van der Waals surface area contributed by atoms with Crippen LogP contribution in [0.25, 0.3) is 0 Å². The Labute approximate surface area is 209 Å². The van der Waals surface area contributed by atoms with Gasteiger partial charge in [0.05, 0.1) is 12.0 Å². The molecule has 2 aliphatic heterocycles. The summed E-state index contributed by atoms with van der Waals surface area (Å²) >= 11 is 0. The summed E-state index contributed by atoms with van der Waals surface area (Å²) in [7, 11) is -1.96. The first kappa shape index (κ1) is 25.5. The molecule has 1 atom stereocenters. The SMILES string of the molecule is COc1ccc(S(=O)(=O)N2CCCCC2)cc1CCC(=O)NCCCN1c2ccccc2CC1C. The van der Waals surface area contributed by atoms with Gasteiger partial charge in [-0.1, -0.05) is 24.6 Å². The highest BCUT2D eigenvalue weighted by Gasteiger charge is 2.27. The predicted octanol–water partition coefficient (Wildman–Crippen LogP) is 3.76. The second kappa shape index (κ2) is 11.4. The first-order chi connectivity index (χ1) is 16.9. The molecule has 0 radical (unpaired) electrons. The number of hydrogen-bond donors (Lipinski definition) is 1. The van der Waals surface area contributed by atoms with Crippen molar-refractivity contribution in [1.29, 1.82) is 0 Å². The maximum absolute atomic E-state index is 13.1. The highest BCUT2D eigenvalue weighted by atomic mass is 32.2. The molecule has 7 nitrogen and oxygen atoms in total. The van der Waals surface area contributed by atoms with Crippen LogP contribution < -0.4 is 15.0 Å². The second-order valence-corrected chi connectivity index (χ2v) is 11.5. The molecule has 0 bridgehead atoms. The first-order valence-electron chi connectivity index (χ1n) is 12.7. The first-order valence-corrected chi connectivity index (χ1v) is 14.1. The van der Waals surface area contributed by atoms with Gasteiger partial charge < -0.3 is 15.0 Å². The number of aryl methyl sites for hydroxylation is 1. The van der Waals surface area contributed by atoms with Crippen molar-refractivity contribution in [1.82, 2.24) is 9.62 Å². The lowest BCUT2D eigenvalue weighted by atomic mass is 10.1. The Morgan fingerprint density at radius 2 is 1.89 bits per heavy atom. The molecule has 2 aromatic carbocycles. The predicted molar refractivity (Wildman–Crippen MR) is 139 cm³/mol. The van der Waals surface area contributed by atoms with Crippen LogP contribution in [0.15, 0.2) is 47.4 Å². The molecule has 0 spiro atoms. The van der Waals surface area contributed by atoms with Crippen LogP contribution in [0.2, 0.25) is 0 Å². The largest absolute Gasteiger partial charge is 0.496 e. The lowest BCUT2D eigenvalue weighted by Crippen LogP contribution is -2.35. The van der Waals surface area contributed by atoms with E-state index in [-0.39, 0.29) is 17.2 Å². The lowest BCUT2D eigenvalue weighted by molar-refractivity contribution is -0.121. The molecular weight excluding hydrogens is 462 g/mol. The van der Waals surface area contributed by atoms with E-state index >= 15 is 0 Å². The number of para-hydroxylation sites is 1. The number of anilines is 1. The standard InChI is InChI=1S/C27H37N3O4S/c1-21-19-22-9-4-5-10-25(22)30(21)18-8-15-28-27(31)14-11-23-20-24(12-13-26(23)34-2)35(32,33)29-16-6-3-7-17-29/h4-5,9-10,12-13,20-21H,3,6-8,11,14-19H2,1-2H3,(H,28,31). The van der Waals surface area contributed by atoms with Crippen molar-refractivity contribution in [2.24, 2.45) is 0 Å². The van der Waals surface area contributed by atoms with Gasteiger partial charge in [-0.3, -0.25) is 4.79 Å². The maximum Gasteiger partial charge on any atom is 0.243 e. The molecule has 1 unspecified atom stereocenters. The normalized spacial score (nSPS) is 18.3. The minimum atomic E-state index is -3.53. The van der Waals surface area contributed by atoms with Crippen molar-refractivity contribution in [2.75, 3.05) is 38.2 Å². The number of nitrogens with zero attached hydrogens (tertiary/aromatic N) is 2. The number of ether oxygens (including phenoxy) is 1. The molecule has 0 aromatic heterocycles. The number of benzene rings is 2. The van der Waals surface area contributed by atoms with Crippen LogP contribution >= 0.6 is 0 Å². The summed E-state index contributed by atoms with van der Waals surface area (Å²) < 4.78 is 33.1. The number of sulfonamides is 1. The van der Waals surface area contributed by atoms with E-state index in [0.717, 1.165) is 44.2 Å². The monoisotopic (exact) mass is 499 g/mol. The van der Waals surface area contributed by atoms with Gasteiger partial charge in [-0.25, -0.2) is 8.42 Å². The number of methoxy groups -OCH3 is 1. The molecule has 0 aliphatic carbocycles. The van der Waals surface area contributed by atoms with Crippen molar-refractivity contribution >= 4 is 21.6 Å². The van der Waals surface area contributed by atoms with Gasteiger partial charge in [0.2, 0.25) is 15.9 Å². The van der Waals surface area contributed by atoms with Crippen LogP contribution in [0, 0.1) is 0 Å². The van der Waals surface area contributed by atoms with E-state index in [4.69, 9.17) is 4.74 Å². The van der Waals surface area contributed by atoms with Crippen LogP contribution in [0.3, 0.4) is 0 Å². The molecule has 1 fully saturated rings. The molecule has 1 N–H and O–H groups in total. The van der Waals surface area contributed by atoms with Gasteiger partial charge in [-0.2, -0.15) is 4.31 Å². The lowest BCUT2D eigenvalue weighted by Gasteiger charge is -2.26. The number of fused-ring (bicyclic) bond motifs is 1. The zero-order chi connectivity index (χ0) is 24.8. The Morgan fingerprint density at radius 3 is 2.66 bits per heavy atom. The Balaban J connectivity index is 1.28. The van der Waals surface area contributed by atoms with Gasteiger partial charge in [0.25, 0.3) is 0 Å². The van der Waals surface area contributed by atoms with Gasteiger partial charge in [0.1, 0.15) is 5.75 Å². The fourth-order valence-electron chi connectivity index (χ4n) is 5.15. The fraction of sp³-hybridized carbons (Fsp3) is 0.519. The number of rotatable bonds is 10. The molecule has 8 heteroatoms. The summed E-state index contributed by atoms with van der Waals surface area (Å²) in [6, 6.07) is 14.0. The topological polar surface area (TPSA) is 79.0 Å². The Bertz CT molecular complexity index is 1130. The molecule has 2 aliphatic rings. The van der Waals surface area contributed by atoms with Crippen LogP contribution in [-0.4, -0.2) is 58.0 Å². The Morgan fingerprint density at radius 1 is 1.11 bits per heavy atom. The quantitative estimate of drug-likeness (QED) is 0.504. The molecule has 190 valence electrons. The van der Waals surface area contributed by atoms with Crippen molar-refractivity contribution in [3.8, 4) is 5.75 Å². The molecule has 1 amide bonds. The van der Waals surface area contributed by atoms with E-state index < -0.39 is 10.0 Å². The van der Waals surface area contributed by atoms with E-state index in [1.54, 1.807) is 29.6 Å². The van der Waals surface area contributed by atoms with Crippen LogP contribution in [-0.2, 0) is 27.7 Å². The molecule has 35 heavy (non-hydrogen) atoms. The molecule has 0 saturated carbocycles. The third-order valence-electron chi connectivity index (χ3n) is 7.07. The number of nitrogens with one attached hydrogen (secondary N) is 1. The summed E-state index contributed by atoms with van der Waals surface area (Å²) in [4.78, 5) is 15.2. The summed E-state index contributed by atoms with van der Waals surface area (Å²) in [5, 5.41) is 3.02. The van der Waals surface area contributed by atoms with Gasteiger partial charge >= 0.3 is 0 Å². The number of carbonyl (C=O) groups excluding carboxylic acids is 1.